The molecule has 1 aliphatic heterocycles. The molecule has 1 fully saturated rings. The molecular weight excluding hydrogens is 471 g/mol. The quantitative estimate of drug-likeness (QED) is 0.255. The van der Waals surface area contributed by atoms with E-state index in [4.69, 9.17) is 39.8 Å². The van der Waals surface area contributed by atoms with E-state index >= 15 is 0 Å². The molecule has 1 N–H and O–H groups in total. The minimum atomic E-state index is -0.274. The number of benzene rings is 1. The van der Waals surface area contributed by atoms with E-state index in [-0.39, 0.29) is 5.91 Å². The number of halogens is 3. The first-order valence-electron chi connectivity index (χ1n) is 9.02. The summed E-state index contributed by atoms with van der Waals surface area (Å²) in [7, 11) is 0. The molecule has 0 atom stereocenters. The summed E-state index contributed by atoms with van der Waals surface area (Å²) >= 11 is 21.0. The van der Waals surface area contributed by atoms with E-state index in [1.54, 1.807) is 6.07 Å². The molecule has 3 heterocycles. The molecule has 0 aliphatic carbocycles. The van der Waals surface area contributed by atoms with Gasteiger partial charge in [0.25, 0.3) is 5.91 Å². The number of fused-ring (bicyclic) bond motifs is 1. The summed E-state index contributed by atoms with van der Waals surface area (Å²) in [5.74, 6) is 0.630. The van der Waals surface area contributed by atoms with Gasteiger partial charge in [-0.2, -0.15) is 0 Å². The van der Waals surface area contributed by atoms with Gasteiger partial charge in [0.05, 0.1) is 31.0 Å². The van der Waals surface area contributed by atoms with E-state index < -0.39 is 0 Å². The number of nitrogens with one attached hydrogen (secondary N) is 1. The van der Waals surface area contributed by atoms with Gasteiger partial charge in [-0.15, -0.1) is 11.3 Å². The molecule has 3 aromatic rings. The molecule has 4 rings (SSSR count). The number of rotatable bonds is 4. The molecule has 0 spiro atoms. The number of carbonyl (C=O) groups is 1. The van der Waals surface area contributed by atoms with Crippen LogP contribution < -0.4 is 10.2 Å². The van der Waals surface area contributed by atoms with Crippen molar-refractivity contribution in [2.75, 3.05) is 29.6 Å². The number of amides is 1. The van der Waals surface area contributed by atoms with Gasteiger partial charge in [0.2, 0.25) is 0 Å². The predicted molar refractivity (Wildman–Crippen MR) is 125 cm³/mol. The van der Waals surface area contributed by atoms with Crippen LogP contribution in [0.25, 0.3) is 10.2 Å². The SMILES string of the molecule is CSc1nc(N2CCCCC2)c2cc(C(=O)Nc3cc(Cl)c(Cl)cc3Cl)sc2n1. The van der Waals surface area contributed by atoms with Gasteiger partial charge in [-0.25, -0.2) is 9.97 Å². The lowest BCUT2D eigenvalue weighted by molar-refractivity contribution is 0.103. The zero-order chi connectivity index (χ0) is 20.5. The fourth-order valence-electron chi connectivity index (χ4n) is 3.24. The molecule has 0 bridgehead atoms. The molecule has 5 nitrogen and oxygen atoms in total. The van der Waals surface area contributed by atoms with Crippen molar-refractivity contribution < 1.29 is 4.79 Å². The molecule has 0 unspecified atom stereocenters. The van der Waals surface area contributed by atoms with Crippen LogP contribution in [-0.2, 0) is 0 Å². The van der Waals surface area contributed by atoms with Crippen LogP contribution in [-0.4, -0.2) is 35.2 Å². The Labute approximate surface area is 191 Å². The highest BCUT2D eigenvalue weighted by Crippen LogP contribution is 2.36. The maximum Gasteiger partial charge on any atom is 0.265 e. The van der Waals surface area contributed by atoms with Crippen molar-refractivity contribution in [3.05, 3.63) is 38.1 Å². The normalized spacial score (nSPS) is 14.4. The highest BCUT2D eigenvalue weighted by Gasteiger charge is 2.21. The molecule has 2 aromatic heterocycles. The van der Waals surface area contributed by atoms with Crippen molar-refractivity contribution in [1.29, 1.82) is 0 Å². The van der Waals surface area contributed by atoms with Crippen LogP contribution >= 0.6 is 57.9 Å². The average molecular weight is 488 g/mol. The summed E-state index contributed by atoms with van der Waals surface area (Å²) in [5, 5.41) is 5.41. The Bertz CT molecular complexity index is 1080. The summed E-state index contributed by atoms with van der Waals surface area (Å²) in [6.07, 6.45) is 5.48. The second kappa shape index (κ2) is 8.86. The topological polar surface area (TPSA) is 58.1 Å². The van der Waals surface area contributed by atoms with Crippen LogP contribution in [0.3, 0.4) is 0 Å². The number of thioether (sulfide) groups is 1. The summed E-state index contributed by atoms with van der Waals surface area (Å²) in [5.41, 5.74) is 0.413. The van der Waals surface area contributed by atoms with Crippen LogP contribution in [0, 0.1) is 0 Å². The van der Waals surface area contributed by atoms with E-state index in [9.17, 15) is 4.79 Å². The number of thiophene rings is 1. The molecule has 1 amide bonds. The number of aromatic nitrogens is 2. The van der Waals surface area contributed by atoms with Crippen molar-refractivity contribution in [2.45, 2.75) is 24.4 Å². The molecule has 1 aliphatic rings. The van der Waals surface area contributed by atoms with E-state index in [2.05, 4.69) is 15.2 Å². The lowest BCUT2D eigenvalue weighted by Gasteiger charge is -2.28. The summed E-state index contributed by atoms with van der Waals surface area (Å²) in [6.45, 7) is 1.94. The van der Waals surface area contributed by atoms with Crippen LogP contribution in [0.4, 0.5) is 11.5 Å². The number of nitrogens with zero attached hydrogens (tertiary/aromatic N) is 3. The highest BCUT2D eigenvalue weighted by atomic mass is 35.5. The Morgan fingerprint density at radius 1 is 1.07 bits per heavy atom. The number of hydrogen-bond donors (Lipinski definition) is 1. The number of piperidine rings is 1. The van der Waals surface area contributed by atoms with Crippen LogP contribution in [0.1, 0.15) is 28.9 Å². The average Bonchev–Trinajstić information content (AvgIpc) is 3.16. The van der Waals surface area contributed by atoms with Crippen LogP contribution in [0.15, 0.2) is 23.4 Å². The minimum absolute atomic E-state index is 0.274. The van der Waals surface area contributed by atoms with E-state index in [0.717, 1.165) is 42.0 Å². The molecule has 29 heavy (non-hydrogen) atoms. The predicted octanol–water partition coefficient (Wildman–Crippen LogP) is 6.62. The Morgan fingerprint density at radius 2 is 1.79 bits per heavy atom. The zero-order valence-electron chi connectivity index (χ0n) is 15.5. The number of carbonyl (C=O) groups excluding carboxylic acids is 1. The second-order valence-electron chi connectivity index (χ2n) is 6.61. The largest absolute Gasteiger partial charge is 0.356 e. The Morgan fingerprint density at radius 3 is 2.52 bits per heavy atom. The van der Waals surface area contributed by atoms with E-state index in [0.29, 0.717) is 30.8 Å². The minimum Gasteiger partial charge on any atom is -0.356 e. The van der Waals surface area contributed by atoms with E-state index in [1.807, 2.05) is 12.3 Å². The lowest BCUT2D eigenvalue weighted by atomic mass is 10.1. The molecule has 0 radical (unpaired) electrons. The molecular formula is C19H17Cl3N4OS2. The van der Waals surface area contributed by atoms with Gasteiger partial charge in [0.1, 0.15) is 10.6 Å². The lowest BCUT2D eigenvalue weighted by Crippen LogP contribution is -2.30. The maximum atomic E-state index is 12.9. The Hall–Kier alpha value is -1.25. The molecule has 1 aromatic carbocycles. The standard InChI is InChI=1S/C19H17Cl3N4OS2/c1-28-19-24-16(26-5-3-2-4-6-26)10-7-15(29-18(10)25-19)17(27)23-14-9-12(21)11(20)8-13(14)22/h7-9H,2-6H2,1H3,(H,23,27). The van der Waals surface area contributed by atoms with Crippen molar-refractivity contribution in [3.63, 3.8) is 0 Å². The van der Waals surface area contributed by atoms with Gasteiger partial charge in [0.15, 0.2) is 5.16 Å². The highest BCUT2D eigenvalue weighted by molar-refractivity contribution is 7.98. The molecule has 152 valence electrons. The second-order valence-corrected chi connectivity index (χ2v) is 9.64. The van der Waals surface area contributed by atoms with Gasteiger partial charge in [-0.3, -0.25) is 4.79 Å². The first-order chi connectivity index (χ1) is 14.0. The maximum absolute atomic E-state index is 12.9. The third kappa shape index (κ3) is 4.44. The fourth-order valence-corrected chi connectivity index (χ4v) is 5.17. The Kier molecular flexibility index (Phi) is 6.41. The molecule has 1 saturated heterocycles. The first kappa shape index (κ1) is 21.0. The van der Waals surface area contributed by atoms with Gasteiger partial charge in [-0.05, 0) is 43.7 Å². The van der Waals surface area contributed by atoms with E-state index in [1.165, 1.54) is 35.6 Å². The van der Waals surface area contributed by atoms with Gasteiger partial charge < -0.3 is 10.2 Å². The van der Waals surface area contributed by atoms with Crippen LogP contribution in [0.2, 0.25) is 15.1 Å². The zero-order valence-corrected chi connectivity index (χ0v) is 19.4. The fraction of sp³-hybridized carbons (Fsp3) is 0.316. The first-order valence-corrected chi connectivity index (χ1v) is 12.2. The summed E-state index contributed by atoms with van der Waals surface area (Å²) in [4.78, 5) is 25.8. The van der Waals surface area contributed by atoms with Crippen molar-refractivity contribution in [1.82, 2.24) is 9.97 Å². The van der Waals surface area contributed by atoms with Gasteiger partial charge >= 0.3 is 0 Å². The molecule has 0 saturated carbocycles. The number of hydrogen-bond acceptors (Lipinski definition) is 6. The van der Waals surface area contributed by atoms with Gasteiger partial charge in [0, 0.05) is 13.1 Å². The van der Waals surface area contributed by atoms with Crippen molar-refractivity contribution in [2.24, 2.45) is 0 Å². The molecule has 10 heteroatoms. The van der Waals surface area contributed by atoms with Crippen LogP contribution in [0.5, 0.6) is 0 Å². The number of anilines is 2. The summed E-state index contributed by atoms with van der Waals surface area (Å²) in [6, 6.07) is 4.91. The van der Waals surface area contributed by atoms with Crippen molar-refractivity contribution in [3.8, 4) is 0 Å². The Balaban J connectivity index is 1.69. The smallest absolute Gasteiger partial charge is 0.265 e. The van der Waals surface area contributed by atoms with Crippen molar-refractivity contribution >= 4 is 85.5 Å². The third-order valence-electron chi connectivity index (χ3n) is 4.67. The summed E-state index contributed by atoms with van der Waals surface area (Å²) < 4.78 is 0. The van der Waals surface area contributed by atoms with Gasteiger partial charge in [-0.1, -0.05) is 46.6 Å². The third-order valence-corrected chi connectivity index (χ3v) is 7.28. The monoisotopic (exact) mass is 486 g/mol.